The van der Waals surface area contributed by atoms with E-state index in [2.05, 4.69) is 34.9 Å². The Bertz CT molecular complexity index is 937. The predicted molar refractivity (Wildman–Crippen MR) is 126 cm³/mol. The van der Waals surface area contributed by atoms with E-state index < -0.39 is 18.2 Å². The van der Waals surface area contributed by atoms with Crippen LogP contribution in [-0.2, 0) is 19.1 Å². The third kappa shape index (κ3) is 6.72. The van der Waals surface area contributed by atoms with Gasteiger partial charge in [-0.05, 0) is 22.3 Å². The molecule has 33 heavy (non-hydrogen) atoms. The highest BCUT2D eigenvalue weighted by Gasteiger charge is 2.28. The fourth-order valence-corrected chi connectivity index (χ4v) is 4.45. The summed E-state index contributed by atoms with van der Waals surface area (Å²) in [5.74, 6) is -0.466. The number of methoxy groups -OCH3 is 1. The number of fused-ring (bicyclic) bond motifs is 3. The molecule has 0 radical (unpaired) electrons. The average Bonchev–Trinajstić information content (AvgIpc) is 3.14. The highest BCUT2D eigenvalue weighted by atomic mass is 32.2. The molecule has 0 aliphatic heterocycles. The van der Waals surface area contributed by atoms with Crippen LogP contribution in [0.3, 0.4) is 0 Å². The molecule has 0 bridgehead atoms. The van der Waals surface area contributed by atoms with Gasteiger partial charge in [0.1, 0.15) is 6.61 Å². The Hall–Kier alpha value is -3.04. The first kappa shape index (κ1) is 24.6. The van der Waals surface area contributed by atoms with Crippen molar-refractivity contribution in [2.75, 3.05) is 38.3 Å². The standard InChI is InChI=1S/C24H28N2O6S/c1-31-21(23(28)29)10-11-25-22(27)15-33-13-12-26-24(30)32-14-20-18-8-4-2-6-16(18)17-7-3-5-9-19(17)20/h2-9,20-21H,10-15H2,1H3,(H,25,27)(H,26,30)(H,28,29). The second-order valence-corrected chi connectivity index (χ2v) is 8.61. The van der Waals surface area contributed by atoms with Crippen molar-refractivity contribution in [2.45, 2.75) is 18.4 Å². The molecule has 176 valence electrons. The number of benzene rings is 2. The van der Waals surface area contributed by atoms with Gasteiger partial charge in [0.2, 0.25) is 5.91 Å². The zero-order valence-electron chi connectivity index (χ0n) is 18.4. The smallest absolute Gasteiger partial charge is 0.407 e. The maximum absolute atomic E-state index is 12.1. The van der Waals surface area contributed by atoms with E-state index in [1.54, 1.807) is 0 Å². The number of thioether (sulfide) groups is 1. The van der Waals surface area contributed by atoms with Crippen LogP contribution in [0.2, 0.25) is 0 Å². The molecule has 9 heteroatoms. The van der Waals surface area contributed by atoms with Crippen LogP contribution in [0.1, 0.15) is 23.5 Å². The van der Waals surface area contributed by atoms with E-state index >= 15 is 0 Å². The third-order valence-corrected chi connectivity index (χ3v) is 6.34. The summed E-state index contributed by atoms with van der Waals surface area (Å²) in [4.78, 5) is 34.8. The normalized spacial score (nSPS) is 13.0. The van der Waals surface area contributed by atoms with E-state index in [-0.39, 0.29) is 37.2 Å². The van der Waals surface area contributed by atoms with Crippen LogP contribution in [0, 0.1) is 0 Å². The van der Waals surface area contributed by atoms with Crippen LogP contribution >= 0.6 is 11.8 Å². The van der Waals surface area contributed by atoms with Gasteiger partial charge in [0.25, 0.3) is 0 Å². The van der Waals surface area contributed by atoms with Gasteiger partial charge in [0.05, 0.1) is 5.75 Å². The number of hydrogen-bond donors (Lipinski definition) is 3. The number of alkyl carbamates (subject to hydrolysis) is 1. The molecule has 0 saturated heterocycles. The SMILES string of the molecule is COC(CCNC(=O)CSCCNC(=O)OCC1c2ccccc2-c2ccccc21)C(=O)O. The number of ether oxygens (including phenoxy) is 2. The highest BCUT2D eigenvalue weighted by Crippen LogP contribution is 2.44. The van der Waals surface area contributed by atoms with E-state index in [9.17, 15) is 14.4 Å². The molecule has 2 aromatic carbocycles. The first-order valence-electron chi connectivity index (χ1n) is 10.7. The van der Waals surface area contributed by atoms with Crippen molar-refractivity contribution in [3.63, 3.8) is 0 Å². The first-order valence-corrected chi connectivity index (χ1v) is 11.9. The van der Waals surface area contributed by atoms with Crippen LogP contribution in [0.15, 0.2) is 48.5 Å². The maximum Gasteiger partial charge on any atom is 0.407 e. The first-order chi connectivity index (χ1) is 16.0. The largest absolute Gasteiger partial charge is 0.479 e. The lowest BCUT2D eigenvalue weighted by Gasteiger charge is -2.14. The molecule has 1 aliphatic carbocycles. The van der Waals surface area contributed by atoms with Crippen LogP contribution in [0.25, 0.3) is 11.1 Å². The third-order valence-electron chi connectivity index (χ3n) is 5.38. The summed E-state index contributed by atoms with van der Waals surface area (Å²) >= 11 is 1.37. The molecule has 2 amide bonds. The highest BCUT2D eigenvalue weighted by molar-refractivity contribution is 7.99. The van der Waals surface area contributed by atoms with E-state index in [1.807, 2.05) is 24.3 Å². The number of hydrogen-bond acceptors (Lipinski definition) is 6. The quantitative estimate of drug-likeness (QED) is 0.407. The Morgan fingerprint density at radius 3 is 2.24 bits per heavy atom. The summed E-state index contributed by atoms with van der Waals surface area (Å²) in [6.07, 6.45) is -1.22. The summed E-state index contributed by atoms with van der Waals surface area (Å²) < 4.78 is 10.3. The van der Waals surface area contributed by atoms with Crippen molar-refractivity contribution in [1.29, 1.82) is 0 Å². The van der Waals surface area contributed by atoms with E-state index in [0.29, 0.717) is 12.3 Å². The minimum Gasteiger partial charge on any atom is -0.479 e. The van der Waals surface area contributed by atoms with Crippen LogP contribution in [0.4, 0.5) is 4.79 Å². The average molecular weight is 473 g/mol. The number of carboxylic acids is 1. The molecule has 0 spiro atoms. The van der Waals surface area contributed by atoms with Crippen LogP contribution in [0.5, 0.6) is 0 Å². The van der Waals surface area contributed by atoms with Gasteiger partial charge >= 0.3 is 12.1 Å². The summed E-state index contributed by atoms with van der Waals surface area (Å²) in [5.41, 5.74) is 4.68. The van der Waals surface area contributed by atoms with Crippen molar-refractivity contribution in [1.82, 2.24) is 10.6 Å². The molecule has 1 atom stereocenters. The molecule has 1 unspecified atom stereocenters. The second kappa shape index (κ2) is 12.3. The Morgan fingerprint density at radius 1 is 1.00 bits per heavy atom. The molecule has 0 heterocycles. The maximum atomic E-state index is 12.1. The second-order valence-electron chi connectivity index (χ2n) is 7.51. The molecular formula is C24H28N2O6S. The molecule has 8 nitrogen and oxygen atoms in total. The Kier molecular flexibility index (Phi) is 9.14. The predicted octanol–water partition coefficient (Wildman–Crippen LogP) is 2.86. The zero-order chi connectivity index (χ0) is 23.6. The lowest BCUT2D eigenvalue weighted by molar-refractivity contribution is -0.148. The van der Waals surface area contributed by atoms with Crippen molar-refractivity contribution in [2.24, 2.45) is 0 Å². The van der Waals surface area contributed by atoms with Crippen LogP contribution < -0.4 is 10.6 Å². The van der Waals surface area contributed by atoms with Gasteiger partial charge in [-0.25, -0.2) is 9.59 Å². The summed E-state index contributed by atoms with van der Waals surface area (Å²) in [6.45, 7) is 0.857. The van der Waals surface area contributed by atoms with Gasteiger partial charge in [0, 0.05) is 38.3 Å². The van der Waals surface area contributed by atoms with Gasteiger partial charge in [0.15, 0.2) is 6.10 Å². The fourth-order valence-electron chi connectivity index (χ4n) is 3.78. The molecule has 3 N–H and O–H groups in total. The number of carboxylic acid groups (broad SMARTS) is 1. The zero-order valence-corrected chi connectivity index (χ0v) is 19.2. The van der Waals surface area contributed by atoms with Gasteiger partial charge in [-0.3, -0.25) is 4.79 Å². The molecule has 0 fully saturated rings. The van der Waals surface area contributed by atoms with E-state index in [1.165, 1.54) is 30.0 Å². The number of carbonyl (C=O) groups is 3. The van der Waals surface area contributed by atoms with Crippen LogP contribution in [-0.4, -0.2) is 67.5 Å². The minimum atomic E-state index is -1.06. The Balaban J connectivity index is 1.32. The van der Waals surface area contributed by atoms with Crippen molar-refractivity contribution >= 4 is 29.7 Å². The number of aliphatic carboxylic acids is 1. The number of carbonyl (C=O) groups excluding carboxylic acids is 2. The summed E-state index contributed by atoms with van der Waals surface area (Å²) in [5, 5.41) is 14.2. The lowest BCUT2D eigenvalue weighted by atomic mass is 9.98. The lowest BCUT2D eigenvalue weighted by Crippen LogP contribution is -2.32. The van der Waals surface area contributed by atoms with Crippen molar-refractivity contribution in [3.8, 4) is 11.1 Å². The fraction of sp³-hybridized carbons (Fsp3) is 0.375. The van der Waals surface area contributed by atoms with E-state index in [4.69, 9.17) is 14.6 Å². The summed E-state index contributed by atoms with van der Waals surface area (Å²) in [6, 6.07) is 16.3. The molecule has 0 saturated carbocycles. The number of rotatable bonds is 12. The van der Waals surface area contributed by atoms with Gasteiger partial charge in [-0.1, -0.05) is 48.5 Å². The molecule has 2 aromatic rings. The Morgan fingerprint density at radius 2 is 1.64 bits per heavy atom. The monoisotopic (exact) mass is 472 g/mol. The Labute approximate surface area is 197 Å². The molecule has 1 aliphatic rings. The molecular weight excluding hydrogens is 444 g/mol. The van der Waals surface area contributed by atoms with Gasteiger partial charge in [-0.2, -0.15) is 11.8 Å². The molecule has 0 aromatic heterocycles. The number of nitrogens with one attached hydrogen (secondary N) is 2. The van der Waals surface area contributed by atoms with Crippen molar-refractivity contribution < 1.29 is 29.0 Å². The topological polar surface area (TPSA) is 114 Å². The minimum absolute atomic E-state index is 0.0139. The summed E-state index contributed by atoms with van der Waals surface area (Å²) in [7, 11) is 1.32. The van der Waals surface area contributed by atoms with Crippen molar-refractivity contribution in [3.05, 3.63) is 59.7 Å². The molecule has 3 rings (SSSR count). The van der Waals surface area contributed by atoms with Gasteiger partial charge < -0.3 is 25.2 Å². The van der Waals surface area contributed by atoms with E-state index in [0.717, 1.165) is 11.1 Å². The van der Waals surface area contributed by atoms with Gasteiger partial charge in [-0.15, -0.1) is 0 Å². The number of amides is 2.